The number of anilines is 1. The van der Waals surface area contributed by atoms with E-state index in [1.54, 1.807) is 37.6 Å². The second kappa shape index (κ2) is 9.75. The number of rotatable bonds is 5. The number of halogens is 2. The number of carbonyl (C=O) groups excluding carboxylic acids is 2. The highest BCUT2D eigenvalue weighted by Gasteiger charge is 2.36. The number of nitrogens with zero attached hydrogens (tertiary/aromatic N) is 4. The summed E-state index contributed by atoms with van der Waals surface area (Å²) in [4.78, 5) is 35.0. The molecule has 0 aliphatic carbocycles. The van der Waals surface area contributed by atoms with Gasteiger partial charge in [-0.15, -0.1) is 0 Å². The summed E-state index contributed by atoms with van der Waals surface area (Å²) in [5.41, 5.74) is 0.233. The number of sulfone groups is 1. The highest BCUT2D eigenvalue weighted by atomic mass is 35.5. The van der Waals surface area contributed by atoms with E-state index in [9.17, 15) is 22.4 Å². The number of amides is 2. The first-order valence-corrected chi connectivity index (χ1v) is 13.5. The first-order chi connectivity index (χ1) is 17.2. The van der Waals surface area contributed by atoms with E-state index in [4.69, 9.17) is 16.3 Å². The summed E-state index contributed by atoms with van der Waals surface area (Å²) >= 11 is 6.05. The Morgan fingerprint density at radius 2 is 1.78 bits per heavy atom. The molecular weight excluding hydrogens is 525 g/mol. The summed E-state index contributed by atoms with van der Waals surface area (Å²) in [7, 11) is -3.55. The predicted octanol–water partition coefficient (Wildman–Crippen LogP) is 4.19. The molecule has 0 saturated carbocycles. The van der Waals surface area contributed by atoms with Gasteiger partial charge in [-0.05, 0) is 45.0 Å². The van der Waals surface area contributed by atoms with Crippen molar-refractivity contribution >= 4 is 39.1 Å². The molecule has 1 N–H and O–H groups in total. The molecule has 0 unspecified atom stereocenters. The van der Waals surface area contributed by atoms with E-state index >= 15 is 0 Å². The van der Waals surface area contributed by atoms with Gasteiger partial charge in [0.25, 0.3) is 5.91 Å². The molecule has 1 saturated heterocycles. The maximum atomic E-state index is 13.4. The van der Waals surface area contributed by atoms with E-state index < -0.39 is 33.3 Å². The smallest absolute Gasteiger partial charge is 0.410 e. The zero-order chi connectivity index (χ0) is 27.1. The minimum Gasteiger partial charge on any atom is -0.444 e. The summed E-state index contributed by atoms with van der Waals surface area (Å²) < 4.78 is 44.5. The first kappa shape index (κ1) is 26.6. The van der Waals surface area contributed by atoms with Crippen molar-refractivity contribution in [2.24, 2.45) is 0 Å². The summed E-state index contributed by atoms with van der Waals surface area (Å²) in [5, 5.41) is 2.80. The molecule has 0 atom stereocenters. The third-order valence-corrected chi connectivity index (χ3v) is 6.74. The van der Waals surface area contributed by atoms with Crippen LogP contribution in [0.5, 0.6) is 0 Å². The van der Waals surface area contributed by atoms with Crippen molar-refractivity contribution in [2.75, 3.05) is 24.7 Å². The standard InChI is InChI=1S/C24H25ClFN5O5S/c1-24(2,3)36-23(33)30-12-18(13-30)31-11-14(5-20(31)21-27-9-16(26)10-28-21)22(32)29-17-6-15(25)7-19(8-17)37(4,34)35/h5-11,18H,12-13H2,1-4H3,(H,29,32). The Morgan fingerprint density at radius 1 is 1.14 bits per heavy atom. The molecule has 3 aromatic rings. The van der Waals surface area contributed by atoms with E-state index in [2.05, 4.69) is 15.3 Å². The van der Waals surface area contributed by atoms with Crippen LogP contribution < -0.4 is 5.32 Å². The molecule has 13 heteroatoms. The van der Waals surface area contributed by atoms with Crippen LogP contribution in [0.25, 0.3) is 11.5 Å². The highest BCUT2D eigenvalue weighted by Crippen LogP contribution is 2.31. The van der Waals surface area contributed by atoms with Crippen molar-refractivity contribution in [2.45, 2.75) is 37.3 Å². The molecule has 1 fully saturated rings. The van der Waals surface area contributed by atoms with E-state index in [0.717, 1.165) is 18.6 Å². The number of ether oxygens (including phenoxy) is 1. The Kier molecular flexibility index (Phi) is 6.99. The van der Waals surface area contributed by atoms with Gasteiger partial charge in [-0.1, -0.05) is 11.6 Å². The van der Waals surface area contributed by atoms with E-state index in [0.29, 0.717) is 18.8 Å². The largest absolute Gasteiger partial charge is 0.444 e. The van der Waals surface area contributed by atoms with E-state index in [1.165, 1.54) is 23.1 Å². The van der Waals surface area contributed by atoms with Crippen LogP contribution >= 0.6 is 11.6 Å². The molecule has 196 valence electrons. The topological polar surface area (TPSA) is 123 Å². The molecule has 37 heavy (non-hydrogen) atoms. The number of likely N-dealkylation sites (tertiary alicyclic amines) is 1. The number of hydrogen-bond donors (Lipinski definition) is 1. The molecular formula is C24H25ClFN5O5S. The Balaban J connectivity index is 1.61. The fourth-order valence-corrected chi connectivity index (χ4v) is 4.67. The van der Waals surface area contributed by atoms with Gasteiger partial charge in [0.15, 0.2) is 21.5 Å². The minimum absolute atomic E-state index is 0.0371. The molecule has 3 heterocycles. The lowest BCUT2D eigenvalue weighted by Crippen LogP contribution is -2.52. The molecule has 10 nitrogen and oxygen atoms in total. The molecule has 1 aliphatic heterocycles. The Morgan fingerprint density at radius 3 is 2.38 bits per heavy atom. The number of aromatic nitrogens is 3. The number of nitrogens with one attached hydrogen (secondary N) is 1. The monoisotopic (exact) mass is 549 g/mol. The lowest BCUT2D eigenvalue weighted by Gasteiger charge is -2.41. The average molecular weight is 550 g/mol. The van der Waals surface area contributed by atoms with Gasteiger partial charge in [-0.2, -0.15) is 0 Å². The molecule has 1 aliphatic rings. The quantitative estimate of drug-likeness (QED) is 0.506. The van der Waals surface area contributed by atoms with Crippen molar-refractivity contribution in [3.05, 3.63) is 59.3 Å². The maximum Gasteiger partial charge on any atom is 0.410 e. The fraction of sp³-hybridized carbons (Fsp3) is 0.333. The molecule has 0 bridgehead atoms. The molecule has 0 spiro atoms. The van der Waals surface area contributed by atoms with Crippen LogP contribution in [0.1, 0.15) is 37.2 Å². The van der Waals surface area contributed by atoms with Gasteiger partial charge in [0.2, 0.25) is 0 Å². The van der Waals surface area contributed by atoms with Gasteiger partial charge in [-0.25, -0.2) is 27.6 Å². The molecule has 4 rings (SSSR count). The highest BCUT2D eigenvalue weighted by molar-refractivity contribution is 7.90. The van der Waals surface area contributed by atoms with Gasteiger partial charge in [0.1, 0.15) is 5.60 Å². The third kappa shape index (κ3) is 6.25. The minimum atomic E-state index is -3.55. The van der Waals surface area contributed by atoms with Crippen LogP contribution in [-0.4, -0.2) is 64.8 Å². The first-order valence-electron chi connectivity index (χ1n) is 11.2. The Labute approximate surface area is 218 Å². The normalized spacial score (nSPS) is 14.3. The van der Waals surface area contributed by atoms with Crippen molar-refractivity contribution < 1.29 is 27.1 Å². The van der Waals surface area contributed by atoms with Crippen molar-refractivity contribution in [3.8, 4) is 11.5 Å². The SMILES string of the molecule is CC(C)(C)OC(=O)N1CC(n2cc(C(=O)Nc3cc(Cl)cc(S(C)(=O)=O)c3)cc2-c2ncc(F)cn2)C1. The third-order valence-electron chi connectivity index (χ3n) is 5.42. The Bertz CT molecular complexity index is 1460. The van der Waals surface area contributed by atoms with E-state index in [1.807, 2.05) is 0 Å². The van der Waals surface area contributed by atoms with Crippen LogP contribution in [0.4, 0.5) is 14.9 Å². The maximum absolute atomic E-state index is 13.4. The summed E-state index contributed by atoms with van der Waals surface area (Å²) in [6.07, 6.45) is 4.21. The van der Waals surface area contributed by atoms with Gasteiger partial charge in [-0.3, -0.25) is 4.79 Å². The number of hydrogen-bond acceptors (Lipinski definition) is 7. The molecule has 1 aromatic carbocycles. The summed E-state index contributed by atoms with van der Waals surface area (Å²) in [5.74, 6) is -0.951. The molecule has 2 amide bonds. The number of carbonyl (C=O) groups is 2. The molecule has 2 aromatic heterocycles. The second-order valence-electron chi connectivity index (χ2n) is 9.69. The lowest BCUT2D eigenvalue weighted by molar-refractivity contribution is 0.00125. The van der Waals surface area contributed by atoms with Crippen molar-refractivity contribution in [3.63, 3.8) is 0 Å². The van der Waals surface area contributed by atoms with Gasteiger partial charge in [0, 0.05) is 36.3 Å². The average Bonchev–Trinajstić information content (AvgIpc) is 3.16. The van der Waals surface area contributed by atoms with Crippen LogP contribution in [0.2, 0.25) is 5.02 Å². The van der Waals surface area contributed by atoms with Crippen LogP contribution in [0, 0.1) is 5.82 Å². The zero-order valence-corrected chi connectivity index (χ0v) is 22.1. The van der Waals surface area contributed by atoms with Crippen molar-refractivity contribution in [1.82, 2.24) is 19.4 Å². The number of benzene rings is 1. The van der Waals surface area contributed by atoms with Gasteiger partial charge >= 0.3 is 6.09 Å². The summed E-state index contributed by atoms with van der Waals surface area (Å²) in [6.45, 7) is 5.99. The van der Waals surface area contributed by atoms with Gasteiger partial charge in [0.05, 0.1) is 34.6 Å². The molecule has 0 radical (unpaired) electrons. The Hall–Kier alpha value is -3.51. The van der Waals surface area contributed by atoms with Crippen molar-refractivity contribution in [1.29, 1.82) is 0 Å². The lowest BCUT2D eigenvalue weighted by atomic mass is 10.1. The van der Waals surface area contributed by atoms with Crippen LogP contribution in [0.15, 0.2) is 47.8 Å². The zero-order valence-electron chi connectivity index (χ0n) is 20.5. The second-order valence-corrected chi connectivity index (χ2v) is 12.1. The van der Waals surface area contributed by atoms with Crippen LogP contribution in [-0.2, 0) is 14.6 Å². The van der Waals surface area contributed by atoms with Crippen LogP contribution in [0.3, 0.4) is 0 Å². The predicted molar refractivity (Wildman–Crippen MR) is 135 cm³/mol. The summed E-state index contributed by atoms with van der Waals surface area (Å²) in [6, 6.07) is 5.37. The van der Waals surface area contributed by atoms with E-state index in [-0.39, 0.29) is 33.0 Å². The fourth-order valence-electron chi connectivity index (χ4n) is 3.69. The van der Waals surface area contributed by atoms with Gasteiger partial charge < -0.3 is 19.5 Å².